The number of nitrogens with zero attached hydrogens (tertiary/aromatic N) is 2. The van der Waals surface area contributed by atoms with E-state index in [0.717, 1.165) is 18.4 Å². The van der Waals surface area contributed by atoms with E-state index in [4.69, 9.17) is 4.42 Å². The number of rotatable bonds is 3. The first kappa shape index (κ1) is 18.3. The van der Waals surface area contributed by atoms with Crippen LogP contribution in [-0.2, 0) is 0 Å². The molecule has 0 saturated carbocycles. The third-order valence-electron chi connectivity index (χ3n) is 5.25. The molecule has 2 atom stereocenters. The lowest BCUT2D eigenvalue weighted by atomic mass is 9.92. The van der Waals surface area contributed by atoms with Gasteiger partial charge in [0.15, 0.2) is 5.89 Å². The maximum absolute atomic E-state index is 13.2. The summed E-state index contributed by atoms with van der Waals surface area (Å²) in [5.74, 6) is -0.238. The smallest absolute Gasteiger partial charge is 0.254 e. The molecule has 4 rings (SSSR count). The highest BCUT2D eigenvalue weighted by molar-refractivity contribution is 5.94. The van der Waals surface area contributed by atoms with Gasteiger partial charge in [0.25, 0.3) is 5.91 Å². The van der Waals surface area contributed by atoms with Crippen molar-refractivity contribution in [2.24, 2.45) is 0 Å². The molecular formula is C22H20F2N2O2. The van der Waals surface area contributed by atoms with Gasteiger partial charge in [-0.1, -0.05) is 0 Å². The fourth-order valence-electron chi connectivity index (χ4n) is 3.58. The SMILES string of the molecule is C[C@@H]1CC[C@H](c2nc(-c3ccc(F)cc3)co2)CN1C(=O)c1ccc(F)cc1. The van der Waals surface area contributed by atoms with Crippen LogP contribution in [0.25, 0.3) is 11.3 Å². The Morgan fingerprint density at radius 3 is 2.36 bits per heavy atom. The highest BCUT2D eigenvalue weighted by Crippen LogP contribution is 2.32. The quantitative estimate of drug-likeness (QED) is 0.638. The molecule has 1 fully saturated rings. The second kappa shape index (κ2) is 7.54. The Balaban J connectivity index is 1.52. The Kier molecular flexibility index (Phi) is 4.94. The second-order valence-corrected chi connectivity index (χ2v) is 7.17. The summed E-state index contributed by atoms with van der Waals surface area (Å²) in [4.78, 5) is 19.2. The van der Waals surface area contributed by atoms with Crippen LogP contribution in [0.5, 0.6) is 0 Å². The highest BCUT2D eigenvalue weighted by Gasteiger charge is 2.32. The molecule has 144 valence electrons. The van der Waals surface area contributed by atoms with Crippen LogP contribution in [0, 0.1) is 11.6 Å². The zero-order valence-electron chi connectivity index (χ0n) is 15.4. The molecule has 0 N–H and O–H groups in total. The van der Waals surface area contributed by atoms with Crippen LogP contribution in [0.3, 0.4) is 0 Å². The molecule has 1 amide bonds. The van der Waals surface area contributed by atoms with E-state index in [-0.39, 0.29) is 29.5 Å². The van der Waals surface area contributed by atoms with Gasteiger partial charge in [0.2, 0.25) is 0 Å². The molecule has 6 heteroatoms. The number of aromatic nitrogens is 1. The lowest BCUT2D eigenvalue weighted by molar-refractivity contribution is 0.0597. The molecule has 0 unspecified atom stereocenters. The first-order valence-electron chi connectivity index (χ1n) is 9.29. The lowest BCUT2D eigenvalue weighted by Crippen LogP contribution is -2.44. The predicted octanol–water partition coefficient (Wildman–Crippen LogP) is 5.03. The summed E-state index contributed by atoms with van der Waals surface area (Å²) in [6.45, 7) is 2.50. The van der Waals surface area contributed by atoms with E-state index < -0.39 is 0 Å². The Hall–Kier alpha value is -3.02. The van der Waals surface area contributed by atoms with Crippen LogP contribution in [0.15, 0.2) is 59.2 Å². The van der Waals surface area contributed by atoms with Crippen molar-refractivity contribution in [1.29, 1.82) is 0 Å². The van der Waals surface area contributed by atoms with Crippen molar-refractivity contribution in [2.75, 3.05) is 6.54 Å². The summed E-state index contributed by atoms with van der Waals surface area (Å²) >= 11 is 0. The normalized spacial score (nSPS) is 19.6. The van der Waals surface area contributed by atoms with Gasteiger partial charge in [0.1, 0.15) is 23.6 Å². The van der Waals surface area contributed by atoms with Crippen molar-refractivity contribution in [3.63, 3.8) is 0 Å². The van der Waals surface area contributed by atoms with Crippen molar-refractivity contribution < 1.29 is 18.0 Å². The fraction of sp³-hybridized carbons (Fsp3) is 0.273. The predicted molar refractivity (Wildman–Crippen MR) is 101 cm³/mol. The molecule has 3 aromatic rings. The number of amides is 1. The Labute approximate surface area is 161 Å². The van der Waals surface area contributed by atoms with Crippen molar-refractivity contribution in [3.05, 3.63) is 77.9 Å². The Morgan fingerprint density at radius 1 is 1.04 bits per heavy atom. The molecule has 2 heterocycles. The van der Waals surface area contributed by atoms with E-state index >= 15 is 0 Å². The van der Waals surface area contributed by atoms with Gasteiger partial charge in [0.05, 0.1) is 5.92 Å². The number of carbonyl (C=O) groups excluding carboxylic acids is 1. The minimum absolute atomic E-state index is 0.0187. The molecule has 1 aliphatic rings. The number of benzene rings is 2. The molecule has 0 aliphatic carbocycles. The minimum Gasteiger partial charge on any atom is -0.448 e. The van der Waals surface area contributed by atoms with E-state index in [9.17, 15) is 13.6 Å². The zero-order valence-corrected chi connectivity index (χ0v) is 15.4. The van der Waals surface area contributed by atoms with E-state index in [1.165, 1.54) is 36.4 Å². The first-order chi connectivity index (χ1) is 13.5. The largest absolute Gasteiger partial charge is 0.448 e. The molecule has 1 aliphatic heterocycles. The fourth-order valence-corrected chi connectivity index (χ4v) is 3.58. The molecule has 1 aromatic heterocycles. The molecule has 4 nitrogen and oxygen atoms in total. The van der Waals surface area contributed by atoms with Gasteiger partial charge in [-0.3, -0.25) is 4.79 Å². The van der Waals surface area contributed by atoms with Crippen molar-refractivity contribution in [1.82, 2.24) is 9.88 Å². The van der Waals surface area contributed by atoms with E-state index in [1.54, 1.807) is 23.3 Å². The van der Waals surface area contributed by atoms with E-state index in [2.05, 4.69) is 4.98 Å². The van der Waals surface area contributed by atoms with Gasteiger partial charge < -0.3 is 9.32 Å². The van der Waals surface area contributed by atoms with Gasteiger partial charge in [-0.15, -0.1) is 0 Å². The van der Waals surface area contributed by atoms with Crippen LogP contribution in [-0.4, -0.2) is 28.4 Å². The van der Waals surface area contributed by atoms with Gasteiger partial charge >= 0.3 is 0 Å². The molecule has 2 aromatic carbocycles. The minimum atomic E-state index is -0.366. The van der Waals surface area contributed by atoms with Gasteiger partial charge in [-0.2, -0.15) is 0 Å². The molecule has 1 saturated heterocycles. The third-order valence-corrected chi connectivity index (χ3v) is 5.25. The summed E-state index contributed by atoms with van der Waals surface area (Å²) < 4.78 is 31.9. The standard InChI is InChI=1S/C22H20F2N2O2/c1-14-2-3-17(12-26(14)22(27)16-6-10-19(24)11-7-16)21-25-20(13-28-21)15-4-8-18(23)9-5-15/h4-11,13-14,17H,2-3,12H2,1H3/t14-,17+/m1/s1. The van der Waals surface area contributed by atoms with Crippen LogP contribution in [0.2, 0.25) is 0 Å². The molecule has 0 radical (unpaired) electrons. The maximum Gasteiger partial charge on any atom is 0.254 e. The highest BCUT2D eigenvalue weighted by atomic mass is 19.1. The summed E-state index contributed by atoms with van der Waals surface area (Å²) in [7, 11) is 0. The van der Waals surface area contributed by atoms with E-state index in [0.29, 0.717) is 23.7 Å². The van der Waals surface area contributed by atoms with E-state index in [1.807, 2.05) is 6.92 Å². The first-order valence-corrected chi connectivity index (χ1v) is 9.29. The Bertz CT molecular complexity index is 967. The van der Waals surface area contributed by atoms with Gasteiger partial charge in [-0.05, 0) is 68.3 Å². The van der Waals surface area contributed by atoms with Crippen molar-refractivity contribution >= 4 is 5.91 Å². The number of likely N-dealkylation sites (tertiary alicyclic amines) is 1. The summed E-state index contributed by atoms with van der Waals surface area (Å²) in [6.07, 6.45) is 3.25. The van der Waals surface area contributed by atoms with Crippen LogP contribution >= 0.6 is 0 Å². The van der Waals surface area contributed by atoms with Gasteiger partial charge in [-0.25, -0.2) is 13.8 Å². The second-order valence-electron chi connectivity index (χ2n) is 7.17. The third kappa shape index (κ3) is 3.67. The van der Waals surface area contributed by atoms with Crippen molar-refractivity contribution in [3.8, 4) is 11.3 Å². The number of halogens is 2. The van der Waals surface area contributed by atoms with Crippen LogP contribution in [0.1, 0.15) is 41.9 Å². The molecular weight excluding hydrogens is 362 g/mol. The topological polar surface area (TPSA) is 46.3 Å². The lowest BCUT2D eigenvalue weighted by Gasteiger charge is -2.37. The number of oxazole rings is 1. The Morgan fingerprint density at radius 2 is 1.68 bits per heavy atom. The average molecular weight is 382 g/mol. The van der Waals surface area contributed by atoms with Crippen LogP contribution < -0.4 is 0 Å². The summed E-state index contributed by atoms with van der Waals surface area (Å²) in [5.41, 5.74) is 1.89. The summed E-state index contributed by atoms with van der Waals surface area (Å²) in [6, 6.07) is 11.8. The molecule has 28 heavy (non-hydrogen) atoms. The van der Waals surface area contributed by atoms with Crippen LogP contribution in [0.4, 0.5) is 8.78 Å². The molecule has 0 bridgehead atoms. The number of hydrogen-bond acceptors (Lipinski definition) is 3. The monoisotopic (exact) mass is 382 g/mol. The number of carbonyl (C=O) groups is 1. The number of hydrogen-bond donors (Lipinski definition) is 0. The van der Waals surface area contributed by atoms with Gasteiger partial charge in [0, 0.05) is 23.7 Å². The number of piperidine rings is 1. The maximum atomic E-state index is 13.2. The summed E-state index contributed by atoms with van der Waals surface area (Å²) in [5, 5.41) is 0. The molecule has 0 spiro atoms. The van der Waals surface area contributed by atoms with Crippen molar-refractivity contribution in [2.45, 2.75) is 31.7 Å². The average Bonchev–Trinajstić information content (AvgIpc) is 3.19. The zero-order chi connectivity index (χ0) is 19.7.